The number of aliphatic carboxylic acids is 1. The Bertz CT molecular complexity index is 1570. The zero-order valence-electron chi connectivity index (χ0n) is 26.9. The summed E-state index contributed by atoms with van der Waals surface area (Å²) in [4.78, 5) is 40.2. The van der Waals surface area contributed by atoms with E-state index in [0.717, 1.165) is 24.8 Å². The van der Waals surface area contributed by atoms with E-state index in [1.165, 1.54) is 6.26 Å². The summed E-state index contributed by atoms with van der Waals surface area (Å²) in [6, 6.07) is 12.5. The molecule has 47 heavy (non-hydrogen) atoms. The van der Waals surface area contributed by atoms with E-state index >= 15 is 0 Å². The molecule has 0 spiro atoms. The fraction of sp³-hybridized carbons (Fsp3) is 0.528. The van der Waals surface area contributed by atoms with Crippen LogP contribution in [0.1, 0.15) is 60.9 Å². The fourth-order valence-electron chi connectivity index (χ4n) is 7.75. The average Bonchev–Trinajstić information content (AvgIpc) is 3.82. The molecule has 6 rings (SSSR count). The first-order chi connectivity index (χ1) is 22.7. The van der Waals surface area contributed by atoms with Gasteiger partial charge in [0.1, 0.15) is 11.8 Å². The number of hydrogen-bond acceptors (Lipinski definition) is 7. The monoisotopic (exact) mass is 666 g/mol. The number of furan rings is 1. The molecule has 0 bridgehead atoms. The second-order valence-electron chi connectivity index (χ2n) is 13.2. The van der Waals surface area contributed by atoms with Crippen LogP contribution in [0.4, 0.5) is 5.69 Å². The van der Waals surface area contributed by atoms with E-state index in [1.54, 1.807) is 32.4 Å². The van der Waals surface area contributed by atoms with Gasteiger partial charge >= 0.3 is 5.97 Å². The highest BCUT2D eigenvalue weighted by Gasteiger charge is 2.45. The smallest absolute Gasteiger partial charge is 0.306 e. The van der Waals surface area contributed by atoms with Gasteiger partial charge in [-0.3, -0.25) is 14.4 Å². The number of methoxy groups -OCH3 is 2. The maximum atomic E-state index is 13.9. The normalized spacial score (nSPS) is 27.7. The quantitative estimate of drug-likeness (QED) is 0.248. The van der Waals surface area contributed by atoms with Crippen LogP contribution < -0.4 is 5.32 Å². The molecule has 2 saturated carbocycles. The highest BCUT2D eigenvalue weighted by Crippen LogP contribution is 2.41. The summed E-state index contributed by atoms with van der Waals surface area (Å²) < 4.78 is 23.3. The number of nitrogens with one attached hydrogen (secondary N) is 1. The lowest BCUT2D eigenvalue weighted by atomic mass is 9.87. The summed E-state index contributed by atoms with van der Waals surface area (Å²) >= 11 is 6.61. The van der Waals surface area contributed by atoms with E-state index in [-0.39, 0.29) is 48.5 Å². The third kappa shape index (κ3) is 7.51. The minimum Gasteiger partial charge on any atom is -0.481 e. The lowest BCUT2D eigenvalue weighted by molar-refractivity contribution is -0.144. The molecule has 2 N–H and O–H groups in total. The SMILES string of the molecule is CO[C@H]1CC([C@H]2C[C@@H](CO[C@H]3CC[C@H](C(=O)O)CC3)N(C(=O)Cc3ccc(NC(=O)c4coc5ccccc45)c(Cl)c3)C2)C[C@H]1OC. The second kappa shape index (κ2) is 14.8. The first kappa shape index (κ1) is 33.5. The zero-order chi connectivity index (χ0) is 33.1. The summed E-state index contributed by atoms with van der Waals surface area (Å²) in [5.41, 5.74) is 2.24. The molecule has 252 valence electrons. The molecule has 2 heterocycles. The molecule has 3 aliphatic rings. The van der Waals surface area contributed by atoms with Gasteiger partial charge in [-0.1, -0.05) is 35.9 Å². The number of carbonyl (C=O) groups excluding carboxylic acids is 2. The van der Waals surface area contributed by atoms with Gasteiger partial charge in [0.15, 0.2) is 0 Å². The Kier molecular flexibility index (Phi) is 10.5. The van der Waals surface area contributed by atoms with Crippen LogP contribution in [-0.2, 0) is 30.2 Å². The highest BCUT2D eigenvalue weighted by atomic mass is 35.5. The third-order valence-electron chi connectivity index (χ3n) is 10.4. The van der Waals surface area contributed by atoms with E-state index < -0.39 is 5.97 Å². The molecule has 2 aromatic carbocycles. The van der Waals surface area contributed by atoms with Crippen molar-refractivity contribution in [1.82, 2.24) is 4.90 Å². The van der Waals surface area contributed by atoms with Crippen molar-refractivity contribution < 1.29 is 38.1 Å². The van der Waals surface area contributed by atoms with Crippen molar-refractivity contribution in [3.05, 3.63) is 64.9 Å². The molecule has 1 aromatic heterocycles. The summed E-state index contributed by atoms with van der Waals surface area (Å²) in [7, 11) is 3.45. The predicted molar refractivity (Wildman–Crippen MR) is 177 cm³/mol. The molecule has 0 radical (unpaired) electrons. The lowest BCUT2D eigenvalue weighted by Gasteiger charge is -2.30. The molecule has 2 aliphatic carbocycles. The number of carboxylic acid groups (broad SMARTS) is 1. The number of benzene rings is 2. The number of carbonyl (C=O) groups is 3. The topological polar surface area (TPSA) is 128 Å². The Morgan fingerprint density at radius 3 is 2.38 bits per heavy atom. The number of hydrogen-bond donors (Lipinski definition) is 2. The summed E-state index contributed by atoms with van der Waals surface area (Å²) in [6.45, 7) is 1.06. The Labute approximate surface area is 279 Å². The molecule has 1 unspecified atom stereocenters. The number of halogens is 1. The van der Waals surface area contributed by atoms with Gasteiger partial charge in [-0.2, -0.15) is 0 Å². The molecular weight excluding hydrogens is 624 g/mol. The number of amides is 2. The molecular formula is C36H43ClN2O8. The van der Waals surface area contributed by atoms with Crippen LogP contribution in [0.2, 0.25) is 5.02 Å². The van der Waals surface area contributed by atoms with Crippen LogP contribution in [-0.4, -0.2) is 79.5 Å². The summed E-state index contributed by atoms with van der Waals surface area (Å²) in [5, 5.41) is 13.3. The van der Waals surface area contributed by atoms with Crippen LogP contribution in [0.25, 0.3) is 11.0 Å². The van der Waals surface area contributed by atoms with E-state index in [0.29, 0.717) is 77.9 Å². The van der Waals surface area contributed by atoms with E-state index in [4.69, 9.17) is 30.2 Å². The number of fused-ring (bicyclic) bond motifs is 1. The third-order valence-corrected chi connectivity index (χ3v) is 10.7. The van der Waals surface area contributed by atoms with Gasteiger partial charge < -0.3 is 34.0 Å². The first-order valence-electron chi connectivity index (χ1n) is 16.5. The van der Waals surface area contributed by atoms with Crippen molar-refractivity contribution >= 4 is 46.0 Å². The lowest BCUT2D eigenvalue weighted by Crippen LogP contribution is -2.40. The van der Waals surface area contributed by atoms with Gasteiger partial charge in [-0.15, -0.1) is 0 Å². The van der Waals surface area contributed by atoms with Crippen LogP contribution in [0.5, 0.6) is 0 Å². The largest absolute Gasteiger partial charge is 0.481 e. The number of ether oxygens (including phenoxy) is 3. The number of para-hydroxylation sites is 1. The van der Waals surface area contributed by atoms with Gasteiger partial charge in [-0.05, 0) is 80.5 Å². The van der Waals surface area contributed by atoms with E-state index in [2.05, 4.69) is 5.32 Å². The molecule has 1 aliphatic heterocycles. The van der Waals surface area contributed by atoms with Gasteiger partial charge in [0.25, 0.3) is 5.91 Å². The van der Waals surface area contributed by atoms with Crippen LogP contribution in [0, 0.1) is 17.8 Å². The van der Waals surface area contributed by atoms with Crippen molar-refractivity contribution in [3.63, 3.8) is 0 Å². The standard InChI is InChI=1S/C36H43ClN2O8/c1-44-32-16-23(17-33(32)45-2)24-15-25(19-46-26-10-8-22(9-11-26)36(42)43)39(18-24)34(40)14-21-7-12-30(29(37)13-21)38-35(41)28-20-47-31-6-4-3-5-27(28)31/h3-7,12-13,20,22-26,32-33H,8-11,14-19H2,1-2H3,(H,38,41)(H,42,43)/t22-,23?,24-,25-,26-,32-,33+/m0/s1. The number of anilines is 1. The number of carboxylic acids is 1. The molecule has 3 aromatic rings. The molecule has 11 heteroatoms. The molecule has 2 amide bonds. The van der Waals surface area contributed by atoms with Crippen LogP contribution in [0.3, 0.4) is 0 Å². The summed E-state index contributed by atoms with van der Waals surface area (Å²) in [5.74, 6) is -0.694. The maximum Gasteiger partial charge on any atom is 0.306 e. The van der Waals surface area contributed by atoms with Crippen molar-refractivity contribution in [2.24, 2.45) is 17.8 Å². The molecule has 1 saturated heterocycles. The van der Waals surface area contributed by atoms with Crippen molar-refractivity contribution in [3.8, 4) is 0 Å². The highest BCUT2D eigenvalue weighted by molar-refractivity contribution is 6.34. The Morgan fingerprint density at radius 1 is 0.979 bits per heavy atom. The van der Waals surface area contributed by atoms with Crippen molar-refractivity contribution in [1.29, 1.82) is 0 Å². The molecule has 5 atom stereocenters. The van der Waals surface area contributed by atoms with Gasteiger partial charge in [0.05, 0.1) is 59.6 Å². The first-order valence-corrected chi connectivity index (χ1v) is 16.9. The van der Waals surface area contributed by atoms with Gasteiger partial charge in [0, 0.05) is 26.2 Å². The zero-order valence-corrected chi connectivity index (χ0v) is 27.6. The van der Waals surface area contributed by atoms with E-state index in [9.17, 15) is 19.5 Å². The minimum atomic E-state index is -0.735. The van der Waals surface area contributed by atoms with Crippen molar-refractivity contribution in [2.45, 2.75) is 75.7 Å². The van der Waals surface area contributed by atoms with Crippen LogP contribution in [0.15, 0.2) is 53.1 Å². The van der Waals surface area contributed by atoms with Gasteiger partial charge in [0.2, 0.25) is 5.91 Å². The second-order valence-corrected chi connectivity index (χ2v) is 13.6. The number of rotatable bonds is 11. The van der Waals surface area contributed by atoms with Crippen molar-refractivity contribution in [2.75, 3.05) is 32.7 Å². The fourth-order valence-corrected chi connectivity index (χ4v) is 8.00. The Morgan fingerprint density at radius 2 is 1.70 bits per heavy atom. The average molecular weight is 667 g/mol. The maximum absolute atomic E-state index is 13.9. The number of nitrogens with zero attached hydrogens (tertiary/aromatic N) is 1. The Hall–Kier alpha value is -3.44. The predicted octanol–water partition coefficient (Wildman–Crippen LogP) is 6.20. The number of likely N-dealkylation sites (tertiary alicyclic amines) is 1. The molecule has 3 fully saturated rings. The van der Waals surface area contributed by atoms with Gasteiger partial charge in [-0.25, -0.2) is 0 Å². The summed E-state index contributed by atoms with van der Waals surface area (Å²) in [6.07, 6.45) is 6.98. The minimum absolute atomic E-state index is 0.00187. The Balaban J connectivity index is 1.11. The van der Waals surface area contributed by atoms with Crippen LogP contribution >= 0.6 is 11.6 Å². The van der Waals surface area contributed by atoms with E-state index in [1.807, 2.05) is 29.2 Å². The molecule has 10 nitrogen and oxygen atoms in total.